The van der Waals surface area contributed by atoms with Crippen molar-refractivity contribution in [2.24, 2.45) is 5.92 Å². The molecule has 1 fully saturated rings. The van der Waals surface area contributed by atoms with Crippen LogP contribution in [0.15, 0.2) is 66.9 Å². The summed E-state index contributed by atoms with van der Waals surface area (Å²) >= 11 is 0. The molecule has 0 bridgehead atoms. The SMILES string of the molecule is CC(C)C(=O)Oc1c(Nc2ccc(C#N)cc2)ccnc1N1CCN(Cc2ccccc2)CC1. The van der Waals surface area contributed by atoms with Crippen LogP contribution in [-0.4, -0.2) is 42.0 Å². The Morgan fingerprint density at radius 2 is 1.76 bits per heavy atom. The molecule has 7 heteroatoms. The van der Waals surface area contributed by atoms with Crippen LogP contribution in [0.4, 0.5) is 17.2 Å². The number of pyridine rings is 1. The van der Waals surface area contributed by atoms with E-state index >= 15 is 0 Å². The minimum absolute atomic E-state index is 0.265. The molecular weight excluding hydrogens is 426 g/mol. The van der Waals surface area contributed by atoms with E-state index in [4.69, 9.17) is 10.00 Å². The van der Waals surface area contributed by atoms with Crippen LogP contribution >= 0.6 is 0 Å². The van der Waals surface area contributed by atoms with Gasteiger partial charge in [-0.15, -0.1) is 0 Å². The van der Waals surface area contributed by atoms with Gasteiger partial charge in [-0.1, -0.05) is 44.2 Å². The normalized spacial score (nSPS) is 14.0. The number of nitrogens with one attached hydrogen (secondary N) is 1. The molecule has 0 atom stereocenters. The van der Waals surface area contributed by atoms with E-state index in [9.17, 15) is 4.79 Å². The summed E-state index contributed by atoms with van der Waals surface area (Å²) in [6.07, 6.45) is 1.73. The third-order valence-corrected chi connectivity index (χ3v) is 5.77. The van der Waals surface area contributed by atoms with Gasteiger partial charge in [0, 0.05) is 44.6 Å². The summed E-state index contributed by atoms with van der Waals surface area (Å²) in [5.41, 5.74) is 3.34. The Kier molecular flexibility index (Phi) is 7.41. The Labute approximate surface area is 200 Å². The van der Waals surface area contributed by atoms with Crippen LogP contribution in [0, 0.1) is 17.2 Å². The highest BCUT2D eigenvalue weighted by Crippen LogP contribution is 2.37. The lowest BCUT2D eigenvalue weighted by Gasteiger charge is -2.36. The quantitative estimate of drug-likeness (QED) is 0.522. The summed E-state index contributed by atoms with van der Waals surface area (Å²) in [6.45, 7) is 7.89. The molecule has 2 aromatic carbocycles. The number of ether oxygens (including phenoxy) is 1. The molecule has 0 unspecified atom stereocenters. The summed E-state index contributed by atoms with van der Waals surface area (Å²) in [4.78, 5) is 21.7. The van der Waals surface area contributed by atoms with E-state index in [1.54, 1.807) is 24.4 Å². The summed E-state index contributed by atoms with van der Waals surface area (Å²) < 4.78 is 5.86. The van der Waals surface area contributed by atoms with Crippen molar-refractivity contribution in [1.29, 1.82) is 5.26 Å². The number of esters is 1. The number of hydrogen-bond donors (Lipinski definition) is 1. The number of aromatic nitrogens is 1. The van der Waals surface area contributed by atoms with Gasteiger partial charge in [0.05, 0.1) is 23.2 Å². The first-order chi connectivity index (χ1) is 16.5. The zero-order chi connectivity index (χ0) is 23.9. The van der Waals surface area contributed by atoms with Crippen molar-refractivity contribution in [2.75, 3.05) is 36.4 Å². The smallest absolute Gasteiger partial charge is 0.313 e. The molecule has 3 aromatic rings. The fourth-order valence-corrected chi connectivity index (χ4v) is 3.82. The van der Waals surface area contributed by atoms with Crippen molar-refractivity contribution in [3.8, 4) is 11.8 Å². The number of nitriles is 1. The van der Waals surface area contributed by atoms with Crippen LogP contribution < -0.4 is 15.0 Å². The molecule has 1 aliphatic rings. The number of benzene rings is 2. The lowest BCUT2D eigenvalue weighted by Crippen LogP contribution is -2.46. The highest BCUT2D eigenvalue weighted by atomic mass is 16.5. The maximum absolute atomic E-state index is 12.6. The standard InChI is InChI=1S/C27H29N5O2/c1-20(2)27(33)34-25-24(30-23-10-8-21(18-28)9-11-23)12-13-29-26(25)32-16-14-31(15-17-32)19-22-6-4-3-5-7-22/h3-13,20H,14-17,19H2,1-2H3,(H,29,30). The van der Waals surface area contributed by atoms with Gasteiger partial charge in [-0.25, -0.2) is 4.98 Å². The topological polar surface area (TPSA) is 81.5 Å². The minimum atomic E-state index is -0.306. The summed E-state index contributed by atoms with van der Waals surface area (Å²) in [5, 5.41) is 12.4. The van der Waals surface area contributed by atoms with E-state index in [1.165, 1.54) is 5.56 Å². The first kappa shape index (κ1) is 23.3. The van der Waals surface area contributed by atoms with Crippen molar-refractivity contribution in [3.63, 3.8) is 0 Å². The molecule has 0 amide bonds. The van der Waals surface area contributed by atoms with Gasteiger partial charge >= 0.3 is 5.97 Å². The third kappa shape index (κ3) is 5.72. The Balaban J connectivity index is 1.54. The lowest BCUT2D eigenvalue weighted by molar-refractivity contribution is -0.137. The van der Waals surface area contributed by atoms with Crippen LogP contribution in [0.25, 0.3) is 0 Å². The molecule has 1 aliphatic heterocycles. The molecule has 0 saturated carbocycles. The van der Waals surface area contributed by atoms with E-state index in [0.717, 1.165) is 38.4 Å². The van der Waals surface area contributed by atoms with Crippen molar-refractivity contribution < 1.29 is 9.53 Å². The van der Waals surface area contributed by atoms with Crippen molar-refractivity contribution >= 4 is 23.2 Å². The fourth-order valence-electron chi connectivity index (χ4n) is 3.82. The Hall–Kier alpha value is -3.89. The van der Waals surface area contributed by atoms with E-state index in [-0.39, 0.29) is 11.9 Å². The number of carbonyl (C=O) groups is 1. The largest absolute Gasteiger partial charge is 0.420 e. The van der Waals surface area contributed by atoms with Crippen LogP contribution in [0.3, 0.4) is 0 Å². The number of carbonyl (C=O) groups excluding carboxylic acids is 1. The molecule has 1 saturated heterocycles. The molecule has 174 valence electrons. The van der Waals surface area contributed by atoms with Crippen LogP contribution in [0.1, 0.15) is 25.0 Å². The molecule has 0 spiro atoms. The monoisotopic (exact) mass is 455 g/mol. The maximum Gasteiger partial charge on any atom is 0.313 e. The second kappa shape index (κ2) is 10.8. The van der Waals surface area contributed by atoms with Gasteiger partial charge in [0.2, 0.25) is 0 Å². The van der Waals surface area contributed by atoms with Gasteiger partial charge in [0.25, 0.3) is 0 Å². The zero-order valence-electron chi connectivity index (χ0n) is 19.6. The molecular formula is C27H29N5O2. The average Bonchev–Trinajstić information content (AvgIpc) is 2.86. The molecule has 0 radical (unpaired) electrons. The summed E-state index contributed by atoms with van der Waals surface area (Å²) in [7, 11) is 0. The molecule has 0 aliphatic carbocycles. The number of rotatable bonds is 7. The maximum atomic E-state index is 12.6. The number of anilines is 3. The first-order valence-electron chi connectivity index (χ1n) is 11.5. The highest BCUT2D eigenvalue weighted by molar-refractivity contribution is 5.82. The van der Waals surface area contributed by atoms with Crippen molar-refractivity contribution in [2.45, 2.75) is 20.4 Å². The minimum Gasteiger partial charge on any atom is -0.420 e. The molecule has 34 heavy (non-hydrogen) atoms. The van der Waals surface area contributed by atoms with E-state index in [0.29, 0.717) is 22.8 Å². The third-order valence-electron chi connectivity index (χ3n) is 5.77. The van der Waals surface area contributed by atoms with E-state index < -0.39 is 0 Å². The van der Waals surface area contributed by atoms with Gasteiger partial charge in [0.1, 0.15) is 0 Å². The van der Waals surface area contributed by atoms with E-state index in [2.05, 4.69) is 50.4 Å². The predicted octanol–water partition coefficient (Wildman–Crippen LogP) is 4.58. The average molecular weight is 456 g/mol. The number of hydrogen-bond acceptors (Lipinski definition) is 7. The number of piperazine rings is 1. The lowest BCUT2D eigenvalue weighted by atomic mass is 10.2. The molecule has 1 aromatic heterocycles. The van der Waals surface area contributed by atoms with Crippen LogP contribution in [0.5, 0.6) is 5.75 Å². The summed E-state index contributed by atoms with van der Waals surface area (Å²) in [6, 6.07) is 21.5. The Morgan fingerprint density at radius 1 is 1.06 bits per heavy atom. The fraction of sp³-hybridized carbons (Fsp3) is 0.296. The second-order valence-electron chi connectivity index (χ2n) is 8.65. The van der Waals surface area contributed by atoms with Crippen LogP contribution in [0.2, 0.25) is 0 Å². The van der Waals surface area contributed by atoms with Gasteiger partial charge in [-0.2, -0.15) is 5.26 Å². The zero-order valence-corrected chi connectivity index (χ0v) is 19.6. The van der Waals surface area contributed by atoms with Gasteiger partial charge < -0.3 is 15.0 Å². The van der Waals surface area contributed by atoms with Gasteiger partial charge in [0.15, 0.2) is 11.6 Å². The Bertz CT molecular complexity index is 1150. The molecule has 4 rings (SSSR count). The molecule has 7 nitrogen and oxygen atoms in total. The Morgan fingerprint density at radius 3 is 2.41 bits per heavy atom. The predicted molar refractivity (Wildman–Crippen MR) is 133 cm³/mol. The van der Waals surface area contributed by atoms with Crippen molar-refractivity contribution in [3.05, 3.63) is 78.0 Å². The second-order valence-corrected chi connectivity index (χ2v) is 8.65. The van der Waals surface area contributed by atoms with Crippen LogP contribution in [-0.2, 0) is 11.3 Å². The van der Waals surface area contributed by atoms with Crippen molar-refractivity contribution in [1.82, 2.24) is 9.88 Å². The highest BCUT2D eigenvalue weighted by Gasteiger charge is 2.25. The number of nitrogens with zero attached hydrogens (tertiary/aromatic N) is 4. The molecule has 1 N–H and O–H groups in total. The van der Waals surface area contributed by atoms with E-state index in [1.807, 2.05) is 32.0 Å². The van der Waals surface area contributed by atoms with Gasteiger partial charge in [-0.05, 0) is 35.9 Å². The first-order valence-corrected chi connectivity index (χ1v) is 11.5. The van der Waals surface area contributed by atoms with Gasteiger partial charge in [-0.3, -0.25) is 9.69 Å². The molecule has 2 heterocycles. The summed E-state index contributed by atoms with van der Waals surface area (Å²) in [5.74, 6) is 0.521.